The van der Waals surface area contributed by atoms with E-state index in [9.17, 15) is 4.79 Å². The van der Waals surface area contributed by atoms with Gasteiger partial charge in [0.1, 0.15) is 0 Å². The maximum absolute atomic E-state index is 10.7. The number of hydrogen-bond donors (Lipinski definition) is 1. The van der Waals surface area contributed by atoms with Crippen molar-refractivity contribution in [3.05, 3.63) is 0 Å². The molecule has 1 amide bonds. The number of rotatable bonds is 0. The number of halogens is 1. The fourth-order valence-corrected chi connectivity index (χ4v) is 1.84. The maximum atomic E-state index is 10.7. The van der Waals surface area contributed by atoms with Crippen LogP contribution in [0.5, 0.6) is 0 Å². The Morgan fingerprint density at radius 3 is 2.62 bits per heavy atom. The summed E-state index contributed by atoms with van der Waals surface area (Å²) in [5.74, 6) is 0.432. The third-order valence-electron chi connectivity index (χ3n) is 1.31. The molecule has 0 aliphatic carbocycles. The molecule has 0 radical (unpaired) electrons. The topological polar surface area (TPSA) is 29.1 Å². The molecule has 1 fully saturated rings. The minimum atomic E-state index is 0.199. The summed E-state index contributed by atoms with van der Waals surface area (Å²) in [7, 11) is 0. The molecule has 46 valence electrons. The van der Waals surface area contributed by atoms with Crippen LogP contribution in [0, 0.1) is 5.92 Å². The molecule has 1 saturated heterocycles. The van der Waals surface area contributed by atoms with Crippen molar-refractivity contribution < 1.29 is 4.79 Å². The molecule has 0 aromatic heterocycles. The van der Waals surface area contributed by atoms with Crippen molar-refractivity contribution in [3.63, 3.8) is 0 Å². The number of alkyl halides is 1. The highest BCUT2D eigenvalue weighted by Gasteiger charge is 2.25. The number of amides is 1. The van der Waals surface area contributed by atoms with Crippen LogP contribution >= 0.6 is 22.6 Å². The molecule has 1 N–H and O–H groups in total. The van der Waals surface area contributed by atoms with Crippen LogP contribution in [0.15, 0.2) is 0 Å². The van der Waals surface area contributed by atoms with E-state index in [0.717, 1.165) is 6.42 Å². The van der Waals surface area contributed by atoms with E-state index < -0.39 is 0 Å². The molecule has 0 aromatic rings. The second-order valence-electron chi connectivity index (χ2n) is 2.11. The van der Waals surface area contributed by atoms with Crippen molar-refractivity contribution in [3.8, 4) is 0 Å². The molecule has 2 unspecified atom stereocenters. The summed E-state index contributed by atoms with van der Waals surface area (Å²) in [6.07, 6.45) is 0.986. The third kappa shape index (κ3) is 1.13. The van der Waals surface area contributed by atoms with Gasteiger partial charge in [-0.3, -0.25) is 4.79 Å². The van der Waals surface area contributed by atoms with E-state index >= 15 is 0 Å². The molecule has 0 bridgehead atoms. The van der Waals surface area contributed by atoms with Crippen LogP contribution in [0.25, 0.3) is 0 Å². The van der Waals surface area contributed by atoms with Crippen molar-refractivity contribution in [1.29, 1.82) is 0 Å². The fourth-order valence-electron chi connectivity index (χ4n) is 0.773. The zero-order chi connectivity index (χ0) is 6.15. The molecule has 0 aromatic carbocycles. The van der Waals surface area contributed by atoms with Gasteiger partial charge in [0.2, 0.25) is 5.91 Å². The minimum absolute atomic E-state index is 0.199. The van der Waals surface area contributed by atoms with Crippen molar-refractivity contribution in [2.24, 2.45) is 5.92 Å². The molecule has 3 heteroatoms. The van der Waals surface area contributed by atoms with Gasteiger partial charge in [-0.25, -0.2) is 0 Å². The highest BCUT2D eigenvalue weighted by Crippen LogP contribution is 2.18. The summed E-state index contributed by atoms with van der Waals surface area (Å²) in [5, 5.41) is 2.81. The second kappa shape index (κ2) is 2.21. The summed E-state index contributed by atoms with van der Waals surface area (Å²) in [5.41, 5.74) is 0. The standard InChI is InChI=1S/C5H8INO/c1-3-2-4(6)7-5(3)8/h3-4H,2H2,1H3,(H,7,8). The van der Waals surface area contributed by atoms with E-state index in [0.29, 0.717) is 4.05 Å². The van der Waals surface area contributed by atoms with E-state index in [2.05, 4.69) is 27.9 Å². The van der Waals surface area contributed by atoms with Crippen LogP contribution in [-0.2, 0) is 4.79 Å². The number of carbonyl (C=O) groups excluding carboxylic acids is 1. The predicted octanol–water partition coefficient (Wildman–Crippen LogP) is 0.903. The molecule has 1 aliphatic heterocycles. The third-order valence-corrected chi connectivity index (χ3v) is 2.13. The largest absolute Gasteiger partial charge is 0.344 e. The quantitative estimate of drug-likeness (QED) is 0.370. The molecule has 8 heavy (non-hydrogen) atoms. The van der Waals surface area contributed by atoms with Gasteiger partial charge in [-0.05, 0) is 6.42 Å². The highest BCUT2D eigenvalue weighted by molar-refractivity contribution is 14.1. The second-order valence-corrected chi connectivity index (χ2v) is 3.62. The predicted molar refractivity (Wildman–Crippen MR) is 39.7 cm³/mol. The zero-order valence-corrected chi connectivity index (χ0v) is 6.81. The van der Waals surface area contributed by atoms with Crippen LogP contribution in [-0.4, -0.2) is 9.96 Å². The molecule has 1 aliphatic rings. The highest BCUT2D eigenvalue weighted by atomic mass is 127. The SMILES string of the molecule is CC1CC(I)NC1=O. The summed E-state index contributed by atoms with van der Waals surface area (Å²) in [4.78, 5) is 10.7. The lowest BCUT2D eigenvalue weighted by Crippen LogP contribution is -2.21. The van der Waals surface area contributed by atoms with Gasteiger partial charge in [0.25, 0.3) is 0 Å². The van der Waals surface area contributed by atoms with E-state index in [-0.39, 0.29) is 11.8 Å². The van der Waals surface area contributed by atoms with E-state index in [4.69, 9.17) is 0 Å². The number of carbonyl (C=O) groups is 1. The van der Waals surface area contributed by atoms with Crippen LogP contribution in [0.2, 0.25) is 0 Å². The first-order valence-corrected chi connectivity index (χ1v) is 3.89. The first kappa shape index (κ1) is 6.32. The summed E-state index contributed by atoms with van der Waals surface area (Å²) in [6.45, 7) is 1.95. The van der Waals surface area contributed by atoms with Crippen molar-refractivity contribution in [2.75, 3.05) is 0 Å². The van der Waals surface area contributed by atoms with Crippen molar-refractivity contribution >= 4 is 28.5 Å². The summed E-state index contributed by atoms with van der Waals surface area (Å²) < 4.78 is 0.370. The molecule has 0 spiro atoms. The Hall–Kier alpha value is 0.200. The van der Waals surface area contributed by atoms with Gasteiger partial charge in [0, 0.05) is 5.92 Å². The minimum Gasteiger partial charge on any atom is -0.344 e. The van der Waals surface area contributed by atoms with Crippen LogP contribution in [0.4, 0.5) is 0 Å². The lowest BCUT2D eigenvalue weighted by molar-refractivity contribution is -0.121. The van der Waals surface area contributed by atoms with Gasteiger partial charge in [0.05, 0.1) is 4.05 Å². The first-order valence-electron chi connectivity index (χ1n) is 2.64. The average Bonchev–Trinajstić information content (AvgIpc) is 1.85. The first-order chi connectivity index (χ1) is 3.70. The molecule has 1 heterocycles. The summed E-state index contributed by atoms with van der Waals surface area (Å²) in [6, 6.07) is 0. The zero-order valence-electron chi connectivity index (χ0n) is 4.65. The van der Waals surface area contributed by atoms with Crippen molar-refractivity contribution in [2.45, 2.75) is 17.4 Å². The molecule has 2 atom stereocenters. The van der Waals surface area contributed by atoms with Crippen molar-refractivity contribution in [1.82, 2.24) is 5.32 Å². The molecule has 1 rings (SSSR count). The lowest BCUT2D eigenvalue weighted by Gasteiger charge is -1.93. The van der Waals surface area contributed by atoms with Gasteiger partial charge in [-0.1, -0.05) is 29.5 Å². The Morgan fingerprint density at radius 2 is 2.50 bits per heavy atom. The lowest BCUT2D eigenvalue weighted by atomic mass is 10.1. The van der Waals surface area contributed by atoms with Crippen LogP contribution in [0.1, 0.15) is 13.3 Å². The Labute approximate surface area is 62.2 Å². The Bertz CT molecular complexity index is 115. The van der Waals surface area contributed by atoms with Gasteiger partial charge < -0.3 is 5.32 Å². The Morgan fingerprint density at radius 1 is 1.88 bits per heavy atom. The van der Waals surface area contributed by atoms with E-state index in [1.165, 1.54) is 0 Å². The molecule has 0 saturated carbocycles. The normalized spacial score (nSPS) is 37.5. The average molecular weight is 225 g/mol. The van der Waals surface area contributed by atoms with E-state index in [1.54, 1.807) is 0 Å². The smallest absolute Gasteiger partial charge is 0.223 e. The Balaban J connectivity index is 2.51. The number of nitrogens with one attached hydrogen (secondary N) is 1. The van der Waals surface area contributed by atoms with Crippen LogP contribution < -0.4 is 5.32 Å². The molecular weight excluding hydrogens is 217 g/mol. The Kier molecular flexibility index (Phi) is 1.74. The maximum Gasteiger partial charge on any atom is 0.223 e. The fraction of sp³-hybridized carbons (Fsp3) is 0.800. The van der Waals surface area contributed by atoms with Gasteiger partial charge >= 0.3 is 0 Å². The number of hydrogen-bond acceptors (Lipinski definition) is 1. The van der Waals surface area contributed by atoms with Gasteiger partial charge in [-0.2, -0.15) is 0 Å². The molecular formula is C5H8INO. The molecule has 2 nitrogen and oxygen atoms in total. The van der Waals surface area contributed by atoms with Gasteiger partial charge in [0.15, 0.2) is 0 Å². The van der Waals surface area contributed by atoms with Crippen LogP contribution in [0.3, 0.4) is 0 Å². The van der Waals surface area contributed by atoms with E-state index in [1.807, 2.05) is 6.92 Å². The monoisotopic (exact) mass is 225 g/mol. The van der Waals surface area contributed by atoms with Gasteiger partial charge in [-0.15, -0.1) is 0 Å². The summed E-state index contributed by atoms with van der Waals surface area (Å²) >= 11 is 2.23.